The number of carbonyl (C=O) groups excluding carboxylic acids is 1. The molecule has 0 aromatic carbocycles. The summed E-state index contributed by atoms with van der Waals surface area (Å²) >= 11 is 0. The number of nitrogens with zero attached hydrogens (tertiary/aromatic N) is 6. The number of carbonyl (C=O) groups is 1. The van der Waals surface area contributed by atoms with E-state index in [-0.39, 0.29) is 11.7 Å². The summed E-state index contributed by atoms with van der Waals surface area (Å²) in [5.41, 5.74) is 4.18. The van der Waals surface area contributed by atoms with Gasteiger partial charge in [-0.2, -0.15) is 5.10 Å². The summed E-state index contributed by atoms with van der Waals surface area (Å²) in [5.74, 6) is 0.962. The van der Waals surface area contributed by atoms with E-state index in [1.807, 2.05) is 31.8 Å². The van der Waals surface area contributed by atoms with Gasteiger partial charge in [-0.15, -0.1) is 0 Å². The van der Waals surface area contributed by atoms with Crippen LogP contribution in [0.5, 0.6) is 0 Å². The van der Waals surface area contributed by atoms with Crippen molar-refractivity contribution in [1.29, 1.82) is 0 Å². The molecule has 3 heterocycles. The van der Waals surface area contributed by atoms with Gasteiger partial charge in [0, 0.05) is 64.3 Å². The van der Waals surface area contributed by atoms with Crippen LogP contribution in [-0.4, -0.2) is 63.8 Å². The number of aromatic nitrogens is 4. The number of anilines is 1. The number of amides is 1. The number of hydrogen-bond donors (Lipinski definition) is 1. The molecule has 1 aliphatic heterocycles. The molecule has 0 unspecified atom stereocenters. The highest BCUT2D eigenvalue weighted by Gasteiger charge is 2.27. The lowest BCUT2D eigenvalue weighted by Gasteiger charge is -2.22. The molecule has 1 atom stereocenters. The molecule has 0 radical (unpaired) electrons. The zero-order valence-corrected chi connectivity index (χ0v) is 17.1. The van der Waals surface area contributed by atoms with Crippen molar-refractivity contribution < 1.29 is 4.79 Å². The third-order valence-corrected chi connectivity index (χ3v) is 5.12. The van der Waals surface area contributed by atoms with Crippen LogP contribution in [0.2, 0.25) is 0 Å². The first-order chi connectivity index (χ1) is 12.8. The van der Waals surface area contributed by atoms with E-state index in [4.69, 9.17) is 0 Å². The van der Waals surface area contributed by atoms with Crippen LogP contribution >= 0.6 is 0 Å². The molecule has 1 saturated heterocycles. The van der Waals surface area contributed by atoms with Gasteiger partial charge in [-0.25, -0.2) is 9.97 Å². The lowest BCUT2D eigenvalue weighted by atomic mass is 10.2. The Balaban J connectivity index is 1.71. The lowest BCUT2D eigenvalue weighted by molar-refractivity contribution is 0.0815. The first-order valence-electron chi connectivity index (χ1n) is 9.30. The van der Waals surface area contributed by atoms with Crippen LogP contribution in [0.1, 0.15) is 39.6 Å². The standard InChI is InChI=1S/C19H29N7O/c1-12-10-25(6)23-16(12)9-20-15-7-8-26(11-15)18-13(2)14(3)21-17(22-18)19(27)24(4)5/h10,15,20H,7-9,11H2,1-6H3/t15-/m1/s1. The van der Waals surface area contributed by atoms with Gasteiger partial charge in [0.1, 0.15) is 5.82 Å². The van der Waals surface area contributed by atoms with Gasteiger partial charge in [0.05, 0.1) is 5.69 Å². The van der Waals surface area contributed by atoms with Crippen LogP contribution in [0.15, 0.2) is 6.20 Å². The Labute approximate surface area is 160 Å². The molecule has 0 saturated carbocycles. The Morgan fingerprint density at radius 3 is 2.67 bits per heavy atom. The van der Waals surface area contributed by atoms with Crippen molar-refractivity contribution in [3.63, 3.8) is 0 Å². The summed E-state index contributed by atoms with van der Waals surface area (Å²) in [6.07, 6.45) is 3.07. The van der Waals surface area contributed by atoms with Gasteiger partial charge in [-0.05, 0) is 32.8 Å². The van der Waals surface area contributed by atoms with Crippen molar-refractivity contribution in [1.82, 2.24) is 30.0 Å². The largest absolute Gasteiger partial charge is 0.355 e. The topological polar surface area (TPSA) is 79.2 Å². The van der Waals surface area contributed by atoms with Crippen molar-refractivity contribution in [3.05, 3.63) is 34.5 Å². The SMILES string of the molecule is Cc1cn(C)nc1CN[C@@H]1CCN(c2nc(C(=O)N(C)C)nc(C)c2C)C1. The second-order valence-corrected chi connectivity index (χ2v) is 7.53. The molecule has 1 N–H and O–H groups in total. The van der Waals surface area contributed by atoms with Gasteiger partial charge < -0.3 is 15.1 Å². The second-order valence-electron chi connectivity index (χ2n) is 7.53. The molecule has 2 aromatic rings. The minimum absolute atomic E-state index is 0.168. The average molecular weight is 371 g/mol. The first kappa shape index (κ1) is 19.3. The smallest absolute Gasteiger partial charge is 0.291 e. The summed E-state index contributed by atoms with van der Waals surface area (Å²) in [6, 6.07) is 0.370. The molecule has 0 spiro atoms. The Morgan fingerprint density at radius 1 is 1.30 bits per heavy atom. The Bertz CT molecular complexity index is 843. The minimum atomic E-state index is -0.168. The molecule has 8 nitrogen and oxygen atoms in total. The fourth-order valence-electron chi connectivity index (χ4n) is 3.41. The van der Waals surface area contributed by atoms with E-state index in [1.54, 1.807) is 14.1 Å². The molecule has 0 bridgehead atoms. The van der Waals surface area contributed by atoms with E-state index in [9.17, 15) is 4.79 Å². The van der Waals surface area contributed by atoms with E-state index in [0.29, 0.717) is 6.04 Å². The molecule has 0 aliphatic carbocycles. The minimum Gasteiger partial charge on any atom is -0.355 e. The molecular formula is C19H29N7O. The van der Waals surface area contributed by atoms with E-state index in [1.165, 1.54) is 10.5 Å². The highest BCUT2D eigenvalue weighted by molar-refractivity contribution is 5.90. The normalized spacial score (nSPS) is 16.8. The Morgan fingerprint density at radius 2 is 2.04 bits per heavy atom. The van der Waals surface area contributed by atoms with Gasteiger partial charge in [0.2, 0.25) is 5.82 Å². The van der Waals surface area contributed by atoms with Crippen LogP contribution in [0.3, 0.4) is 0 Å². The van der Waals surface area contributed by atoms with Crippen molar-refractivity contribution in [2.24, 2.45) is 7.05 Å². The summed E-state index contributed by atoms with van der Waals surface area (Å²) in [5, 5.41) is 8.10. The molecule has 2 aromatic heterocycles. The van der Waals surface area contributed by atoms with Crippen LogP contribution < -0.4 is 10.2 Å². The summed E-state index contributed by atoms with van der Waals surface area (Å²) in [6.45, 7) is 8.57. The predicted molar refractivity (Wildman–Crippen MR) is 105 cm³/mol. The van der Waals surface area contributed by atoms with Crippen LogP contribution in [0, 0.1) is 20.8 Å². The van der Waals surface area contributed by atoms with Crippen LogP contribution in [-0.2, 0) is 13.6 Å². The summed E-state index contributed by atoms with van der Waals surface area (Å²) in [7, 11) is 5.38. The lowest BCUT2D eigenvalue weighted by Crippen LogP contribution is -2.33. The number of hydrogen-bond acceptors (Lipinski definition) is 6. The third-order valence-electron chi connectivity index (χ3n) is 5.12. The number of nitrogens with one attached hydrogen (secondary N) is 1. The van der Waals surface area contributed by atoms with Gasteiger partial charge in [0.15, 0.2) is 0 Å². The predicted octanol–water partition coefficient (Wildman–Crippen LogP) is 1.21. The number of rotatable bonds is 5. The maximum atomic E-state index is 12.3. The van der Waals surface area contributed by atoms with E-state index < -0.39 is 0 Å². The van der Waals surface area contributed by atoms with Gasteiger partial charge in [-0.1, -0.05) is 0 Å². The quantitative estimate of drug-likeness (QED) is 0.851. The van der Waals surface area contributed by atoms with Crippen LogP contribution in [0.4, 0.5) is 5.82 Å². The van der Waals surface area contributed by atoms with Crippen LogP contribution in [0.25, 0.3) is 0 Å². The molecule has 1 aliphatic rings. The maximum absolute atomic E-state index is 12.3. The van der Waals surface area contributed by atoms with E-state index in [2.05, 4.69) is 32.2 Å². The van der Waals surface area contributed by atoms with Gasteiger partial charge >= 0.3 is 0 Å². The zero-order valence-electron chi connectivity index (χ0n) is 17.1. The summed E-state index contributed by atoms with van der Waals surface area (Å²) in [4.78, 5) is 25.0. The molecule has 1 amide bonds. The van der Waals surface area contributed by atoms with Gasteiger partial charge in [0.25, 0.3) is 5.91 Å². The average Bonchev–Trinajstić information content (AvgIpc) is 3.20. The fourth-order valence-corrected chi connectivity index (χ4v) is 3.41. The molecular weight excluding hydrogens is 342 g/mol. The monoisotopic (exact) mass is 371 g/mol. The molecule has 8 heteroatoms. The maximum Gasteiger partial charge on any atom is 0.291 e. The van der Waals surface area contributed by atoms with Crippen molar-refractivity contribution in [2.75, 3.05) is 32.1 Å². The second kappa shape index (κ2) is 7.64. The van der Waals surface area contributed by atoms with Crippen molar-refractivity contribution in [3.8, 4) is 0 Å². The van der Waals surface area contributed by atoms with Crippen molar-refractivity contribution >= 4 is 11.7 Å². The summed E-state index contributed by atoms with van der Waals surface area (Å²) < 4.78 is 1.85. The highest BCUT2D eigenvalue weighted by Crippen LogP contribution is 2.24. The molecule has 146 valence electrons. The zero-order chi connectivity index (χ0) is 19.7. The molecule has 27 heavy (non-hydrogen) atoms. The first-order valence-corrected chi connectivity index (χ1v) is 9.30. The Kier molecular flexibility index (Phi) is 5.46. The molecule has 1 fully saturated rings. The highest BCUT2D eigenvalue weighted by atomic mass is 16.2. The third kappa shape index (κ3) is 4.10. The molecule has 3 rings (SSSR count). The Hall–Kier alpha value is -2.48. The van der Waals surface area contributed by atoms with Crippen molar-refractivity contribution in [2.45, 2.75) is 39.8 Å². The number of aryl methyl sites for hydroxylation is 3. The van der Waals surface area contributed by atoms with E-state index >= 15 is 0 Å². The fraction of sp³-hybridized carbons (Fsp3) is 0.579. The van der Waals surface area contributed by atoms with Gasteiger partial charge in [-0.3, -0.25) is 9.48 Å². The van der Waals surface area contributed by atoms with E-state index in [0.717, 1.165) is 48.8 Å².